The Bertz CT molecular complexity index is 531. The van der Waals surface area contributed by atoms with Crippen LogP contribution in [0.25, 0.3) is 0 Å². The Labute approximate surface area is 124 Å². The topological polar surface area (TPSA) is 111 Å². The van der Waals surface area contributed by atoms with Gasteiger partial charge >= 0.3 is 0 Å². The van der Waals surface area contributed by atoms with Crippen molar-refractivity contribution in [3.63, 3.8) is 0 Å². The SMILES string of the molecule is CC(C)(CCOc1cccc([N+](=O)[O-])c1Br)/C(N)=N/O. The predicted molar refractivity (Wildman–Crippen MR) is 78.1 cm³/mol. The summed E-state index contributed by atoms with van der Waals surface area (Å²) in [5.74, 6) is 0.494. The molecule has 0 heterocycles. The molecule has 7 nitrogen and oxygen atoms in total. The zero-order valence-electron chi connectivity index (χ0n) is 11.2. The zero-order chi connectivity index (χ0) is 15.3. The Hall–Kier alpha value is -1.83. The maximum absolute atomic E-state index is 10.8. The molecule has 0 aliphatic carbocycles. The van der Waals surface area contributed by atoms with Crippen LogP contribution in [0.15, 0.2) is 27.8 Å². The average Bonchev–Trinajstić information content (AvgIpc) is 2.39. The van der Waals surface area contributed by atoms with Gasteiger partial charge in [-0.05, 0) is 28.4 Å². The van der Waals surface area contributed by atoms with Crippen molar-refractivity contribution in [2.45, 2.75) is 20.3 Å². The Balaban J connectivity index is 2.73. The number of nitro benzene ring substituents is 1. The second kappa shape index (κ2) is 6.56. The van der Waals surface area contributed by atoms with Gasteiger partial charge in [-0.15, -0.1) is 0 Å². The first-order chi connectivity index (χ1) is 9.29. The molecule has 0 aliphatic rings. The summed E-state index contributed by atoms with van der Waals surface area (Å²) in [5, 5.41) is 22.4. The van der Waals surface area contributed by atoms with Crippen LogP contribution < -0.4 is 10.5 Å². The smallest absolute Gasteiger partial charge is 0.287 e. The van der Waals surface area contributed by atoms with E-state index in [1.807, 2.05) is 13.8 Å². The number of amidine groups is 1. The molecule has 0 spiro atoms. The fraction of sp³-hybridized carbons (Fsp3) is 0.417. The summed E-state index contributed by atoms with van der Waals surface area (Å²) in [4.78, 5) is 10.3. The number of hydrogen-bond acceptors (Lipinski definition) is 5. The van der Waals surface area contributed by atoms with Crippen LogP contribution in [0.5, 0.6) is 5.75 Å². The number of oxime groups is 1. The molecule has 0 aromatic heterocycles. The average molecular weight is 346 g/mol. The first-order valence-corrected chi connectivity index (χ1v) is 6.62. The summed E-state index contributed by atoms with van der Waals surface area (Å²) in [6.07, 6.45) is 0.498. The minimum atomic E-state index is -0.526. The third kappa shape index (κ3) is 3.83. The lowest BCUT2D eigenvalue weighted by molar-refractivity contribution is -0.385. The number of hydrogen-bond donors (Lipinski definition) is 2. The Morgan fingerprint density at radius 1 is 1.60 bits per heavy atom. The summed E-state index contributed by atoms with van der Waals surface area (Å²) < 4.78 is 5.81. The number of benzene rings is 1. The molecule has 0 bridgehead atoms. The van der Waals surface area contributed by atoms with Crippen molar-refractivity contribution < 1.29 is 14.9 Å². The van der Waals surface area contributed by atoms with Crippen LogP contribution in [-0.4, -0.2) is 22.6 Å². The van der Waals surface area contributed by atoms with Crippen LogP contribution in [0, 0.1) is 15.5 Å². The van der Waals surface area contributed by atoms with E-state index in [0.29, 0.717) is 16.6 Å². The molecule has 0 unspecified atom stereocenters. The molecule has 0 radical (unpaired) electrons. The molecule has 110 valence electrons. The molecule has 0 atom stereocenters. The van der Waals surface area contributed by atoms with Crippen LogP contribution in [0.2, 0.25) is 0 Å². The van der Waals surface area contributed by atoms with Gasteiger partial charge in [0.15, 0.2) is 0 Å². The molecular weight excluding hydrogens is 330 g/mol. The number of nitrogens with two attached hydrogens (primary N) is 1. The number of ether oxygens (including phenoxy) is 1. The Morgan fingerprint density at radius 2 is 2.25 bits per heavy atom. The van der Waals surface area contributed by atoms with E-state index in [0.717, 1.165) is 0 Å². The molecular formula is C12H16BrN3O4. The highest BCUT2D eigenvalue weighted by Gasteiger charge is 2.24. The minimum Gasteiger partial charge on any atom is -0.492 e. The molecule has 0 amide bonds. The van der Waals surface area contributed by atoms with Gasteiger partial charge < -0.3 is 15.7 Å². The largest absolute Gasteiger partial charge is 0.492 e. The third-order valence-electron chi connectivity index (χ3n) is 2.93. The van der Waals surface area contributed by atoms with Crippen molar-refractivity contribution in [2.75, 3.05) is 6.61 Å². The number of rotatable bonds is 6. The molecule has 1 aromatic rings. The molecule has 20 heavy (non-hydrogen) atoms. The van der Waals surface area contributed by atoms with E-state index in [-0.39, 0.29) is 18.1 Å². The molecule has 0 saturated carbocycles. The van der Waals surface area contributed by atoms with E-state index < -0.39 is 10.3 Å². The number of halogens is 1. The number of nitro groups is 1. The molecule has 8 heteroatoms. The van der Waals surface area contributed by atoms with E-state index in [1.54, 1.807) is 12.1 Å². The van der Waals surface area contributed by atoms with Crippen LogP contribution in [0.1, 0.15) is 20.3 Å². The van der Waals surface area contributed by atoms with Crippen molar-refractivity contribution in [3.8, 4) is 5.75 Å². The Morgan fingerprint density at radius 3 is 2.80 bits per heavy atom. The second-order valence-electron chi connectivity index (χ2n) is 4.81. The summed E-state index contributed by atoms with van der Waals surface area (Å²) in [5.41, 5.74) is 4.99. The summed E-state index contributed by atoms with van der Waals surface area (Å²) in [6, 6.07) is 4.57. The van der Waals surface area contributed by atoms with Gasteiger partial charge in [-0.25, -0.2) is 0 Å². The molecule has 0 fully saturated rings. The lowest BCUT2D eigenvalue weighted by atomic mass is 9.88. The fourth-order valence-electron chi connectivity index (χ4n) is 1.43. The van der Waals surface area contributed by atoms with Crippen molar-refractivity contribution in [1.29, 1.82) is 0 Å². The van der Waals surface area contributed by atoms with E-state index in [2.05, 4.69) is 21.1 Å². The Kier molecular flexibility index (Phi) is 5.32. The lowest BCUT2D eigenvalue weighted by Crippen LogP contribution is -2.33. The summed E-state index contributed by atoms with van der Waals surface area (Å²) in [7, 11) is 0. The van der Waals surface area contributed by atoms with E-state index in [9.17, 15) is 10.1 Å². The fourth-order valence-corrected chi connectivity index (χ4v) is 1.95. The first kappa shape index (κ1) is 16.2. The van der Waals surface area contributed by atoms with Crippen LogP contribution >= 0.6 is 15.9 Å². The van der Waals surface area contributed by atoms with E-state index in [1.165, 1.54) is 6.07 Å². The van der Waals surface area contributed by atoms with Gasteiger partial charge in [0.25, 0.3) is 5.69 Å². The van der Waals surface area contributed by atoms with Crippen molar-refractivity contribution >= 4 is 27.5 Å². The monoisotopic (exact) mass is 345 g/mol. The van der Waals surface area contributed by atoms with Crippen LogP contribution in [0.3, 0.4) is 0 Å². The predicted octanol–water partition coefficient (Wildman–Crippen LogP) is 2.90. The summed E-state index contributed by atoms with van der Waals surface area (Å²) >= 11 is 3.15. The highest BCUT2D eigenvalue weighted by Crippen LogP contribution is 2.34. The van der Waals surface area contributed by atoms with Gasteiger partial charge in [-0.1, -0.05) is 25.1 Å². The number of nitrogens with zero attached hydrogens (tertiary/aromatic N) is 2. The normalized spacial score (nSPS) is 12.2. The zero-order valence-corrected chi connectivity index (χ0v) is 12.8. The van der Waals surface area contributed by atoms with Gasteiger partial charge in [0, 0.05) is 11.5 Å². The van der Waals surface area contributed by atoms with Gasteiger partial charge in [0.05, 0.1) is 11.5 Å². The molecule has 0 aliphatic heterocycles. The standard InChI is InChI=1S/C12H16BrN3O4/c1-12(2,11(14)15-17)6-7-20-9-5-3-4-8(10(9)13)16(18)19/h3-5,17H,6-7H2,1-2H3,(H2,14,15). The van der Waals surface area contributed by atoms with Gasteiger partial charge in [0.2, 0.25) is 0 Å². The first-order valence-electron chi connectivity index (χ1n) is 5.83. The summed E-state index contributed by atoms with van der Waals surface area (Å²) in [6.45, 7) is 3.91. The third-order valence-corrected chi connectivity index (χ3v) is 3.72. The van der Waals surface area contributed by atoms with Crippen LogP contribution in [-0.2, 0) is 0 Å². The van der Waals surface area contributed by atoms with Gasteiger partial charge in [0.1, 0.15) is 16.1 Å². The van der Waals surface area contributed by atoms with Crippen molar-refractivity contribution in [1.82, 2.24) is 0 Å². The molecule has 1 rings (SSSR count). The van der Waals surface area contributed by atoms with Gasteiger partial charge in [-0.3, -0.25) is 10.1 Å². The highest BCUT2D eigenvalue weighted by atomic mass is 79.9. The maximum atomic E-state index is 10.8. The van der Waals surface area contributed by atoms with Crippen LogP contribution in [0.4, 0.5) is 5.69 Å². The maximum Gasteiger partial charge on any atom is 0.287 e. The minimum absolute atomic E-state index is 0.0572. The lowest BCUT2D eigenvalue weighted by Gasteiger charge is -2.22. The molecule has 1 aromatic carbocycles. The quantitative estimate of drug-likeness (QED) is 0.270. The van der Waals surface area contributed by atoms with E-state index in [4.69, 9.17) is 15.7 Å². The second-order valence-corrected chi connectivity index (χ2v) is 5.61. The van der Waals surface area contributed by atoms with E-state index >= 15 is 0 Å². The highest BCUT2D eigenvalue weighted by molar-refractivity contribution is 9.10. The van der Waals surface area contributed by atoms with Crippen molar-refractivity contribution in [2.24, 2.45) is 16.3 Å². The van der Waals surface area contributed by atoms with Crippen molar-refractivity contribution in [3.05, 3.63) is 32.8 Å². The molecule has 3 N–H and O–H groups in total. The molecule has 0 saturated heterocycles. The van der Waals surface area contributed by atoms with Gasteiger partial charge in [-0.2, -0.15) is 0 Å².